The number of carbonyl (C=O) groups is 1. The molecule has 3 rings (SSSR count). The van der Waals surface area contributed by atoms with Gasteiger partial charge >= 0.3 is 6.09 Å². The summed E-state index contributed by atoms with van der Waals surface area (Å²) in [6.45, 7) is -0.303. The lowest BCUT2D eigenvalue weighted by Gasteiger charge is -2.38. The third-order valence-corrected chi connectivity index (χ3v) is 5.71. The number of piperidine rings is 1. The third-order valence-electron chi connectivity index (χ3n) is 5.17. The van der Waals surface area contributed by atoms with E-state index in [0.29, 0.717) is 5.56 Å². The summed E-state index contributed by atoms with van der Waals surface area (Å²) < 4.78 is 61.7. The molecule has 2 unspecified atom stereocenters. The maximum atomic E-state index is 14.7. The van der Waals surface area contributed by atoms with Crippen molar-refractivity contribution in [2.75, 3.05) is 26.0 Å². The Morgan fingerprint density at radius 1 is 1.35 bits per heavy atom. The molecule has 1 aliphatic heterocycles. The summed E-state index contributed by atoms with van der Waals surface area (Å²) in [5, 5.41) is 0. The minimum atomic E-state index is -3.05. The Bertz CT molecular complexity index is 929. The Labute approximate surface area is 181 Å². The first-order valence-corrected chi connectivity index (χ1v) is 11.0. The fraction of sp³-hybridized carbons (Fsp3) is 0.429. The summed E-state index contributed by atoms with van der Waals surface area (Å²) in [6, 6.07) is 10.6. The minimum Gasteiger partial charge on any atom is -0.772 e. The number of likely N-dealkylation sites (tertiary alicyclic amines) is 1. The van der Waals surface area contributed by atoms with Gasteiger partial charge in [-0.3, -0.25) is 4.21 Å². The zero-order valence-electron chi connectivity index (χ0n) is 17.0. The van der Waals surface area contributed by atoms with Gasteiger partial charge in [-0.2, -0.15) is 0 Å². The lowest BCUT2D eigenvalue weighted by molar-refractivity contribution is -0.0729. The first-order valence-electron chi connectivity index (χ1n) is 9.72. The van der Waals surface area contributed by atoms with Crippen LogP contribution in [0.3, 0.4) is 0 Å². The molecule has 168 valence electrons. The van der Waals surface area contributed by atoms with E-state index in [9.17, 15) is 22.3 Å². The SMILES string of the molecule is COc1ncc(C2CN(C(=O)OCc3ccccc3)CCC2(F)F)cc1CCS(=O)[O-]. The summed E-state index contributed by atoms with van der Waals surface area (Å²) in [6.07, 6.45) is 0.201. The highest BCUT2D eigenvalue weighted by Gasteiger charge is 2.46. The van der Waals surface area contributed by atoms with Gasteiger partial charge in [-0.05, 0) is 23.6 Å². The fourth-order valence-electron chi connectivity index (χ4n) is 3.49. The second-order valence-electron chi connectivity index (χ2n) is 7.24. The highest BCUT2D eigenvalue weighted by atomic mass is 32.2. The number of hydrogen-bond acceptors (Lipinski definition) is 6. The standard InChI is InChI=1S/C21H24F2N2O5S/c1-29-19-16(7-10-31(27)28)11-17(12-24-19)18-13-25(9-8-21(18,22)23)20(26)30-14-15-5-3-2-4-6-15/h2-6,11-12,18H,7-10,13-14H2,1H3,(H,27,28)/p-1. The molecule has 7 nitrogen and oxygen atoms in total. The van der Waals surface area contributed by atoms with E-state index in [1.54, 1.807) is 12.1 Å². The van der Waals surface area contributed by atoms with Gasteiger partial charge in [-0.1, -0.05) is 41.4 Å². The van der Waals surface area contributed by atoms with E-state index in [1.807, 2.05) is 18.2 Å². The van der Waals surface area contributed by atoms with Crippen LogP contribution in [0.5, 0.6) is 5.88 Å². The van der Waals surface area contributed by atoms with Crippen LogP contribution in [0.4, 0.5) is 13.6 Å². The molecule has 31 heavy (non-hydrogen) atoms. The maximum absolute atomic E-state index is 14.7. The van der Waals surface area contributed by atoms with Gasteiger partial charge in [0.1, 0.15) is 6.61 Å². The fourth-order valence-corrected chi connectivity index (χ4v) is 3.88. The molecule has 0 radical (unpaired) electrons. The number of aryl methyl sites for hydroxylation is 1. The number of amides is 1. The van der Waals surface area contributed by atoms with Crippen LogP contribution < -0.4 is 4.74 Å². The third kappa shape index (κ3) is 5.98. The van der Waals surface area contributed by atoms with Crippen molar-refractivity contribution in [3.8, 4) is 5.88 Å². The molecule has 1 aromatic heterocycles. The van der Waals surface area contributed by atoms with Crippen LogP contribution in [0.2, 0.25) is 0 Å². The molecule has 2 atom stereocenters. The second kappa shape index (κ2) is 10.1. The molecule has 1 saturated heterocycles. The maximum Gasteiger partial charge on any atom is 0.410 e. The normalized spacial score (nSPS) is 19.0. The van der Waals surface area contributed by atoms with Crippen LogP contribution in [-0.2, 0) is 28.8 Å². The van der Waals surface area contributed by atoms with Gasteiger partial charge in [0, 0.05) is 37.0 Å². The number of halogens is 2. The number of rotatable bonds is 7. The van der Waals surface area contributed by atoms with Crippen LogP contribution in [0.25, 0.3) is 0 Å². The van der Waals surface area contributed by atoms with Crippen molar-refractivity contribution < 1.29 is 31.8 Å². The second-order valence-corrected chi connectivity index (χ2v) is 8.26. The van der Waals surface area contributed by atoms with E-state index in [2.05, 4.69) is 4.98 Å². The molecule has 10 heteroatoms. The number of pyridine rings is 1. The summed E-state index contributed by atoms with van der Waals surface area (Å²) in [5.74, 6) is -4.33. The largest absolute Gasteiger partial charge is 0.772 e. The van der Waals surface area contributed by atoms with E-state index in [4.69, 9.17) is 9.47 Å². The molecule has 1 fully saturated rings. The minimum absolute atomic E-state index is 0.0534. The number of methoxy groups -OCH3 is 1. The average Bonchev–Trinajstić information content (AvgIpc) is 2.76. The van der Waals surface area contributed by atoms with E-state index in [-0.39, 0.29) is 43.3 Å². The first-order chi connectivity index (χ1) is 14.8. The van der Waals surface area contributed by atoms with Crippen molar-refractivity contribution in [1.82, 2.24) is 9.88 Å². The molecule has 0 bridgehead atoms. The van der Waals surface area contributed by atoms with Gasteiger partial charge in [-0.25, -0.2) is 18.6 Å². The van der Waals surface area contributed by atoms with E-state index in [1.165, 1.54) is 24.3 Å². The predicted molar refractivity (Wildman–Crippen MR) is 109 cm³/mol. The van der Waals surface area contributed by atoms with Crippen molar-refractivity contribution in [3.63, 3.8) is 0 Å². The molecule has 0 aliphatic carbocycles. The quantitative estimate of drug-likeness (QED) is 0.598. The molecular formula is C21H23F2N2O5S-. The average molecular weight is 453 g/mol. The number of aromatic nitrogens is 1. The molecule has 0 N–H and O–H groups in total. The Balaban J connectivity index is 1.75. The predicted octanol–water partition coefficient (Wildman–Crippen LogP) is 3.27. The van der Waals surface area contributed by atoms with Crippen LogP contribution in [0, 0.1) is 0 Å². The Kier molecular flexibility index (Phi) is 7.55. The van der Waals surface area contributed by atoms with E-state index < -0.39 is 35.4 Å². The van der Waals surface area contributed by atoms with Crippen LogP contribution in [0.15, 0.2) is 42.6 Å². The van der Waals surface area contributed by atoms with Gasteiger partial charge in [0.05, 0.1) is 13.0 Å². The Hall–Kier alpha value is -2.59. The highest BCUT2D eigenvalue weighted by molar-refractivity contribution is 7.79. The molecule has 1 aliphatic rings. The zero-order chi connectivity index (χ0) is 22.4. The van der Waals surface area contributed by atoms with Crippen molar-refractivity contribution in [2.24, 2.45) is 0 Å². The Morgan fingerprint density at radius 3 is 2.77 bits per heavy atom. The topological polar surface area (TPSA) is 91.8 Å². The smallest absolute Gasteiger partial charge is 0.410 e. The van der Waals surface area contributed by atoms with Gasteiger partial charge in [0.25, 0.3) is 5.92 Å². The molecule has 2 heterocycles. The zero-order valence-corrected chi connectivity index (χ0v) is 17.8. The first kappa shape index (κ1) is 23.1. The lowest BCUT2D eigenvalue weighted by Crippen LogP contribution is -2.48. The van der Waals surface area contributed by atoms with Crippen LogP contribution in [0.1, 0.15) is 29.0 Å². The molecule has 2 aromatic rings. The van der Waals surface area contributed by atoms with Crippen molar-refractivity contribution in [1.29, 1.82) is 0 Å². The van der Waals surface area contributed by atoms with Gasteiger partial charge in [-0.15, -0.1) is 0 Å². The molecule has 1 amide bonds. The number of hydrogen-bond donors (Lipinski definition) is 0. The Morgan fingerprint density at radius 2 is 2.10 bits per heavy atom. The number of alkyl halides is 2. The van der Waals surface area contributed by atoms with Crippen molar-refractivity contribution in [3.05, 3.63) is 59.3 Å². The highest BCUT2D eigenvalue weighted by Crippen LogP contribution is 2.41. The summed E-state index contributed by atoms with van der Waals surface area (Å²) in [7, 11) is 1.37. The number of ether oxygens (including phenoxy) is 2. The lowest BCUT2D eigenvalue weighted by atomic mass is 9.87. The molecular weight excluding hydrogens is 430 g/mol. The van der Waals surface area contributed by atoms with Gasteiger partial charge in [0.15, 0.2) is 0 Å². The van der Waals surface area contributed by atoms with Crippen molar-refractivity contribution >= 4 is 17.2 Å². The number of nitrogens with zero attached hydrogens (tertiary/aromatic N) is 2. The molecule has 0 saturated carbocycles. The summed E-state index contributed by atoms with van der Waals surface area (Å²) in [5.41, 5.74) is 1.44. The molecule has 0 spiro atoms. The summed E-state index contributed by atoms with van der Waals surface area (Å²) in [4.78, 5) is 17.8. The van der Waals surface area contributed by atoms with E-state index in [0.717, 1.165) is 5.56 Å². The number of benzene rings is 1. The molecule has 1 aromatic carbocycles. The van der Waals surface area contributed by atoms with Crippen LogP contribution >= 0.6 is 0 Å². The van der Waals surface area contributed by atoms with E-state index >= 15 is 0 Å². The van der Waals surface area contributed by atoms with Crippen LogP contribution in [-0.4, -0.2) is 56.6 Å². The summed E-state index contributed by atoms with van der Waals surface area (Å²) >= 11 is -2.28. The monoisotopic (exact) mass is 453 g/mol. The van der Waals surface area contributed by atoms with Crippen molar-refractivity contribution in [2.45, 2.75) is 31.3 Å². The van der Waals surface area contributed by atoms with Gasteiger partial charge < -0.3 is 18.9 Å². The van der Waals surface area contributed by atoms with Gasteiger partial charge in [0.2, 0.25) is 5.88 Å². The number of carbonyl (C=O) groups excluding carboxylic acids is 1.